The van der Waals surface area contributed by atoms with Crippen LogP contribution < -0.4 is 0 Å². The summed E-state index contributed by atoms with van der Waals surface area (Å²) in [7, 11) is 0. The molecular weight excluding hydrogens is 264 g/mol. The Morgan fingerprint density at radius 2 is 1.76 bits per heavy atom. The predicted molar refractivity (Wildman–Crippen MR) is 79.6 cm³/mol. The number of aromatic nitrogens is 2. The van der Waals surface area contributed by atoms with Gasteiger partial charge < -0.3 is 9.52 Å². The molecule has 0 aliphatic rings. The largest absolute Gasteiger partial charge is 0.425 e. The van der Waals surface area contributed by atoms with E-state index >= 15 is 0 Å². The molecule has 0 aliphatic carbocycles. The molecule has 0 unspecified atom stereocenters. The third-order valence-electron chi connectivity index (χ3n) is 3.32. The highest BCUT2D eigenvalue weighted by atomic mass is 16.4. The van der Waals surface area contributed by atoms with Crippen LogP contribution in [0, 0.1) is 6.92 Å². The van der Waals surface area contributed by atoms with Gasteiger partial charge in [0.15, 0.2) is 0 Å². The number of aliphatic hydroxyl groups excluding tert-OH is 1. The van der Waals surface area contributed by atoms with E-state index in [9.17, 15) is 5.11 Å². The van der Waals surface area contributed by atoms with Gasteiger partial charge in [-0.05, 0) is 28.3 Å². The van der Waals surface area contributed by atoms with E-state index in [4.69, 9.17) is 4.42 Å². The van der Waals surface area contributed by atoms with E-state index in [2.05, 4.69) is 34.5 Å². The smallest absolute Gasteiger partial charge is 0.220 e. The monoisotopic (exact) mass is 280 g/mol. The average molecular weight is 280 g/mol. The molecule has 0 bridgehead atoms. The number of rotatable bonds is 4. The standard InChI is InChI=1S/C17H16N2O2/c1-12-18-19-17(21-12)10-13-5-7-15(8-6-13)16-4-2-3-14(9-16)11-20/h2-9,20H,10-11H2,1H3. The highest BCUT2D eigenvalue weighted by molar-refractivity contribution is 5.64. The molecule has 0 fully saturated rings. The van der Waals surface area contributed by atoms with Gasteiger partial charge in [0.05, 0.1) is 13.0 Å². The van der Waals surface area contributed by atoms with Gasteiger partial charge in [-0.1, -0.05) is 42.5 Å². The summed E-state index contributed by atoms with van der Waals surface area (Å²) < 4.78 is 5.38. The molecule has 0 spiro atoms. The molecule has 4 nitrogen and oxygen atoms in total. The first-order valence-corrected chi connectivity index (χ1v) is 6.83. The molecule has 0 aliphatic heterocycles. The van der Waals surface area contributed by atoms with Crippen molar-refractivity contribution in [2.24, 2.45) is 0 Å². The lowest BCUT2D eigenvalue weighted by atomic mass is 10.0. The SMILES string of the molecule is Cc1nnc(Cc2ccc(-c3cccc(CO)c3)cc2)o1. The second-order valence-electron chi connectivity index (χ2n) is 4.95. The van der Waals surface area contributed by atoms with E-state index in [1.54, 1.807) is 6.92 Å². The van der Waals surface area contributed by atoms with E-state index in [1.165, 1.54) is 0 Å². The van der Waals surface area contributed by atoms with Gasteiger partial charge in [0.2, 0.25) is 11.8 Å². The van der Waals surface area contributed by atoms with Crippen LogP contribution in [-0.2, 0) is 13.0 Å². The molecule has 3 aromatic rings. The summed E-state index contributed by atoms with van der Waals surface area (Å²) in [5.74, 6) is 1.21. The maximum absolute atomic E-state index is 9.20. The van der Waals surface area contributed by atoms with Crippen LogP contribution >= 0.6 is 0 Å². The van der Waals surface area contributed by atoms with E-state index < -0.39 is 0 Å². The van der Waals surface area contributed by atoms with Gasteiger partial charge in [-0.3, -0.25) is 0 Å². The second kappa shape index (κ2) is 5.89. The van der Waals surface area contributed by atoms with Crippen molar-refractivity contribution in [3.8, 4) is 11.1 Å². The normalized spacial score (nSPS) is 10.8. The topological polar surface area (TPSA) is 59.2 Å². The lowest BCUT2D eigenvalue weighted by molar-refractivity contribution is 0.282. The molecule has 3 rings (SSSR count). The number of aryl methyl sites for hydroxylation is 1. The van der Waals surface area contributed by atoms with Crippen LogP contribution in [0.15, 0.2) is 52.9 Å². The van der Waals surface area contributed by atoms with Crippen LogP contribution in [0.4, 0.5) is 0 Å². The Balaban J connectivity index is 1.80. The second-order valence-corrected chi connectivity index (χ2v) is 4.95. The Bertz CT molecular complexity index is 733. The molecule has 1 N–H and O–H groups in total. The van der Waals surface area contributed by atoms with Crippen LogP contribution in [-0.4, -0.2) is 15.3 Å². The van der Waals surface area contributed by atoms with Crippen LogP contribution in [0.1, 0.15) is 22.9 Å². The summed E-state index contributed by atoms with van der Waals surface area (Å²) in [5.41, 5.74) is 4.26. The van der Waals surface area contributed by atoms with Crippen LogP contribution in [0.5, 0.6) is 0 Å². The minimum absolute atomic E-state index is 0.0580. The fraction of sp³-hybridized carbons (Fsp3) is 0.176. The van der Waals surface area contributed by atoms with Crippen molar-refractivity contribution in [3.63, 3.8) is 0 Å². The van der Waals surface area contributed by atoms with Gasteiger partial charge >= 0.3 is 0 Å². The van der Waals surface area contributed by atoms with Crippen molar-refractivity contribution >= 4 is 0 Å². The Labute approximate surface area is 123 Å². The number of hydrogen-bond acceptors (Lipinski definition) is 4. The number of benzene rings is 2. The van der Waals surface area contributed by atoms with E-state index in [0.717, 1.165) is 22.3 Å². The van der Waals surface area contributed by atoms with Gasteiger partial charge in [0.25, 0.3) is 0 Å². The molecule has 2 aromatic carbocycles. The first-order chi connectivity index (χ1) is 10.2. The summed E-state index contributed by atoms with van der Waals surface area (Å²) in [4.78, 5) is 0. The molecule has 0 saturated carbocycles. The molecule has 0 amide bonds. The molecule has 106 valence electrons. The molecule has 0 saturated heterocycles. The molecule has 0 radical (unpaired) electrons. The van der Waals surface area contributed by atoms with Crippen molar-refractivity contribution in [2.45, 2.75) is 20.0 Å². The molecule has 1 aromatic heterocycles. The average Bonchev–Trinajstić information content (AvgIpc) is 2.93. The summed E-state index contributed by atoms with van der Waals surface area (Å²) in [5, 5.41) is 17.0. The zero-order chi connectivity index (χ0) is 14.7. The lowest BCUT2D eigenvalue weighted by Crippen LogP contribution is -1.89. The van der Waals surface area contributed by atoms with Crippen molar-refractivity contribution in [3.05, 3.63) is 71.4 Å². The summed E-state index contributed by atoms with van der Waals surface area (Å²) in [6.45, 7) is 1.84. The third kappa shape index (κ3) is 3.17. The van der Waals surface area contributed by atoms with E-state index in [-0.39, 0.29) is 6.61 Å². The zero-order valence-corrected chi connectivity index (χ0v) is 11.8. The fourth-order valence-electron chi connectivity index (χ4n) is 2.25. The molecule has 21 heavy (non-hydrogen) atoms. The van der Waals surface area contributed by atoms with Crippen molar-refractivity contribution in [1.29, 1.82) is 0 Å². The molecular formula is C17H16N2O2. The number of aliphatic hydroxyl groups is 1. The van der Waals surface area contributed by atoms with Crippen LogP contribution in [0.3, 0.4) is 0 Å². The Morgan fingerprint density at radius 1 is 0.952 bits per heavy atom. The fourth-order valence-corrected chi connectivity index (χ4v) is 2.25. The zero-order valence-electron chi connectivity index (χ0n) is 11.8. The molecule has 0 atom stereocenters. The van der Waals surface area contributed by atoms with Gasteiger partial charge in [0.1, 0.15) is 0 Å². The quantitative estimate of drug-likeness (QED) is 0.797. The molecule has 4 heteroatoms. The first kappa shape index (κ1) is 13.5. The minimum atomic E-state index is 0.0580. The summed E-state index contributed by atoms with van der Waals surface area (Å²) >= 11 is 0. The third-order valence-corrected chi connectivity index (χ3v) is 3.32. The first-order valence-electron chi connectivity index (χ1n) is 6.83. The highest BCUT2D eigenvalue weighted by Crippen LogP contribution is 2.21. The Kier molecular flexibility index (Phi) is 3.79. The maximum Gasteiger partial charge on any atom is 0.220 e. The Morgan fingerprint density at radius 3 is 2.43 bits per heavy atom. The number of nitrogens with zero attached hydrogens (tertiary/aromatic N) is 2. The van der Waals surface area contributed by atoms with Gasteiger partial charge in [-0.15, -0.1) is 10.2 Å². The van der Waals surface area contributed by atoms with Gasteiger partial charge in [-0.2, -0.15) is 0 Å². The summed E-state index contributed by atoms with van der Waals surface area (Å²) in [6.07, 6.45) is 0.637. The van der Waals surface area contributed by atoms with Gasteiger partial charge in [-0.25, -0.2) is 0 Å². The van der Waals surface area contributed by atoms with Crippen molar-refractivity contribution < 1.29 is 9.52 Å². The Hall–Kier alpha value is -2.46. The summed E-state index contributed by atoms with van der Waals surface area (Å²) in [6, 6.07) is 16.1. The van der Waals surface area contributed by atoms with Crippen molar-refractivity contribution in [1.82, 2.24) is 10.2 Å². The van der Waals surface area contributed by atoms with Gasteiger partial charge in [0, 0.05) is 6.92 Å². The van der Waals surface area contributed by atoms with E-state index in [1.807, 2.05) is 24.3 Å². The minimum Gasteiger partial charge on any atom is -0.425 e. The maximum atomic E-state index is 9.20. The van der Waals surface area contributed by atoms with Crippen LogP contribution in [0.2, 0.25) is 0 Å². The van der Waals surface area contributed by atoms with E-state index in [0.29, 0.717) is 18.2 Å². The predicted octanol–water partition coefficient (Wildman–Crippen LogP) is 3.13. The highest BCUT2D eigenvalue weighted by Gasteiger charge is 2.05. The van der Waals surface area contributed by atoms with Crippen molar-refractivity contribution in [2.75, 3.05) is 0 Å². The lowest BCUT2D eigenvalue weighted by Gasteiger charge is -2.05. The number of hydrogen-bond donors (Lipinski definition) is 1. The van der Waals surface area contributed by atoms with Crippen LogP contribution in [0.25, 0.3) is 11.1 Å². The molecule has 1 heterocycles.